The Balaban J connectivity index is 1.95. The Morgan fingerprint density at radius 1 is 1.58 bits per heavy atom. The van der Waals surface area contributed by atoms with Gasteiger partial charge in [-0.05, 0) is 25.0 Å². The molecule has 1 fully saturated rings. The highest BCUT2D eigenvalue weighted by Crippen LogP contribution is 2.22. The number of hydrogen-bond acceptors (Lipinski definition) is 3. The molecule has 0 aliphatic carbocycles. The fraction of sp³-hybridized carbons (Fsp3) is 0.538. The minimum Gasteiger partial charge on any atom is -0.481 e. The van der Waals surface area contributed by atoms with E-state index in [1.165, 1.54) is 0 Å². The van der Waals surface area contributed by atoms with Gasteiger partial charge in [-0.25, -0.2) is 4.79 Å². The van der Waals surface area contributed by atoms with Gasteiger partial charge in [-0.3, -0.25) is 4.79 Å². The number of furan rings is 1. The second kappa shape index (κ2) is 5.77. The molecule has 0 aromatic carbocycles. The topological polar surface area (TPSA) is 74.0 Å². The Labute approximate surface area is 111 Å². The van der Waals surface area contributed by atoms with Crippen molar-refractivity contribution >= 4 is 12.0 Å². The summed E-state index contributed by atoms with van der Waals surface area (Å²) in [4.78, 5) is 26.3. The Morgan fingerprint density at radius 2 is 2.37 bits per heavy atom. The smallest absolute Gasteiger partial charge is 0.320 e. The minimum atomic E-state index is -0.863. The Hall–Kier alpha value is -1.98. The van der Waals surface area contributed by atoms with E-state index >= 15 is 0 Å². The normalized spacial score (nSPS) is 18.6. The molecule has 0 radical (unpaired) electrons. The van der Waals surface area contributed by atoms with E-state index in [1.807, 2.05) is 6.07 Å². The molecule has 0 saturated carbocycles. The van der Waals surface area contributed by atoms with Crippen LogP contribution in [0.1, 0.15) is 25.0 Å². The zero-order valence-corrected chi connectivity index (χ0v) is 10.9. The van der Waals surface area contributed by atoms with E-state index < -0.39 is 5.97 Å². The molecule has 2 heterocycles. The molecule has 1 saturated heterocycles. The van der Waals surface area contributed by atoms with Gasteiger partial charge in [0.15, 0.2) is 0 Å². The number of carboxylic acids is 1. The van der Waals surface area contributed by atoms with Gasteiger partial charge in [0.1, 0.15) is 5.76 Å². The average Bonchev–Trinajstić information content (AvgIpc) is 2.98. The molecule has 1 atom stereocenters. The SMILES string of the molecule is CN(Cc1ccco1)C(=O)N1CCCC1CC(=O)O. The molecule has 1 aromatic heterocycles. The number of carbonyl (C=O) groups excluding carboxylic acids is 1. The number of likely N-dealkylation sites (tertiary alicyclic amines) is 1. The molecule has 2 amide bonds. The molecule has 1 aliphatic heterocycles. The van der Waals surface area contributed by atoms with Crippen LogP contribution in [0, 0.1) is 0 Å². The van der Waals surface area contributed by atoms with Crippen molar-refractivity contribution in [2.45, 2.75) is 31.8 Å². The Morgan fingerprint density at radius 3 is 3.00 bits per heavy atom. The Bertz CT molecular complexity index is 444. The van der Waals surface area contributed by atoms with E-state index in [-0.39, 0.29) is 18.5 Å². The predicted molar refractivity (Wildman–Crippen MR) is 67.6 cm³/mol. The molecule has 1 aromatic rings. The van der Waals surface area contributed by atoms with Crippen molar-refractivity contribution < 1.29 is 19.1 Å². The lowest BCUT2D eigenvalue weighted by atomic mass is 10.1. The molecule has 19 heavy (non-hydrogen) atoms. The standard InChI is InChI=1S/C13H18N2O4/c1-14(9-11-5-3-7-19-11)13(18)15-6-2-4-10(15)8-12(16)17/h3,5,7,10H,2,4,6,8-9H2,1H3,(H,16,17). The summed E-state index contributed by atoms with van der Waals surface area (Å²) in [6, 6.07) is 3.25. The summed E-state index contributed by atoms with van der Waals surface area (Å²) < 4.78 is 5.20. The average molecular weight is 266 g/mol. The van der Waals surface area contributed by atoms with Crippen LogP contribution in [0.4, 0.5) is 4.79 Å². The molecule has 6 nitrogen and oxygen atoms in total. The van der Waals surface area contributed by atoms with E-state index in [9.17, 15) is 9.59 Å². The van der Waals surface area contributed by atoms with Crippen LogP contribution in [0.25, 0.3) is 0 Å². The predicted octanol–water partition coefficient (Wildman–Crippen LogP) is 1.77. The van der Waals surface area contributed by atoms with Crippen molar-refractivity contribution in [2.24, 2.45) is 0 Å². The monoisotopic (exact) mass is 266 g/mol. The second-order valence-electron chi connectivity index (χ2n) is 4.81. The second-order valence-corrected chi connectivity index (χ2v) is 4.81. The highest BCUT2D eigenvalue weighted by Gasteiger charge is 2.32. The third-order valence-electron chi connectivity index (χ3n) is 3.33. The van der Waals surface area contributed by atoms with Gasteiger partial charge in [-0.2, -0.15) is 0 Å². The van der Waals surface area contributed by atoms with E-state index in [4.69, 9.17) is 9.52 Å². The van der Waals surface area contributed by atoms with Crippen LogP contribution in [0.3, 0.4) is 0 Å². The summed E-state index contributed by atoms with van der Waals surface area (Å²) in [5.41, 5.74) is 0. The fourth-order valence-electron chi connectivity index (χ4n) is 2.42. The van der Waals surface area contributed by atoms with Crippen LogP contribution in [0.5, 0.6) is 0 Å². The van der Waals surface area contributed by atoms with Gasteiger partial charge < -0.3 is 19.3 Å². The Kier molecular flexibility index (Phi) is 4.09. The largest absolute Gasteiger partial charge is 0.481 e. The van der Waals surface area contributed by atoms with Crippen LogP contribution >= 0.6 is 0 Å². The quantitative estimate of drug-likeness (QED) is 0.901. The summed E-state index contributed by atoms with van der Waals surface area (Å²) in [5.74, 6) is -0.150. The zero-order chi connectivity index (χ0) is 13.8. The van der Waals surface area contributed by atoms with Gasteiger partial charge in [-0.15, -0.1) is 0 Å². The first-order valence-corrected chi connectivity index (χ1v) is 6.34. The van der Waals surface area contributed by atoms with Gasteiger partial charge in [0.2, 0.25) is 0 Å². The number of carboxylic acid groups (broad SMARTS) is 1. The third kappa shape index (κ3) is 3.27. The molecular weight excluding hydrogens is 248 g/mol. The maximum absolute atomic E-state index is 12.3. The van der Waals surface area contributed by atoms with Crippen LogP contribution in [-0.2, 0) is 11.3 Å². The van der Waals surface area contributed by atoms with Gasteiger partial charge in [0.25, 0.3) is 0 Å². The highest BCUT2D eigenvalue weighted by atomic mass is 16.4. The van der Waals surface area contributed by atoms with E-state index in [2.05, 4.69) is 0 Å². The molecular formula is C13H18N2O4. The molecule has 2 rings (SSSR count). The first-order chi connectivity index (χ1) is 9.08. The highest BCUT2D eigenvalue weighted by molar-refractivity contribution is 5.76. The first kappa shape index (κ1) is 13.5. The van der Waals surface area contributed by atoms with Crippen LogP contribution in [-0.4, -0.2) is 46.5 Å². The van der Waals surface area contributed by atoms with Crippen molar-refractivity contribution in [1.29, 1.82) is 0 Å². The van der Waals surface area contributed by atoms with Gasteiger partial charge in [-0.1, -0.05) is 0 Å². The van der Waals surface area contributed by atoms with Gasteiger partial charge >= 0.3 is 12.0 Å². The lowest BCUT2D eigenvalue weighted by molar-refractivity contribution is -0.138. The molecule has 1 N–H and O–H groups in total. The van der Waals surface area contributed by atoms with Crippen molar-refractivity contribution in [3.63, 3.8) is 0 Å². The first-order valence-electron chi connectivity index (χ1n) is 6.34. The number of carbonyl (C=O) groups is 2. The van der Waals surface area contributed by atoms with Gasteiger partial charge in [0, 0.05) is 19.6 Å². The minimum absolute atomic E-state index is 0.0142. The summed E-state index contributed by atoms with van der Waals surface area (Å²) in [6.07, 6.45) is 3.20. The molecule has 0 spiro atoms. The molecule has 1 aliphatic rings. The van der Waals surface area contributed by atoms with E-state index in [1.54, 1.807) is 29.2 Å². The van der Waals surface area contributed by atoms with Crippen molar-refractivity contribution in [3.05, 3.63) is 24.2 Å². The summed E-state index contributed by atoms with van der Waals surface area (Å²) >= 11 is 0. The molecule has 0 bridgehead atoms. The zero-order valence-electron chi connectivity index (χ0n) is 10.9. The van der Waals surface area contributed by atoms with E-state index in [0.717, 1.165) is 12.8 Å². The fourth-order valence-corrected chi connectivity index (χ4v) is 2.42. The lowest BCUT2D eigenvalue weighted by Crippen LogP contribution is -2.44. The number of rotatable bonds is 4. The number of nitrogens with zero attached hydrogens (tertiary/aromatic N) is 2. The maximum Gasteiger partial charge on any atom is 0.320 e. The number of hydrogen-bond donors (Lipinski definition) is 1. The lowest BCUT2D eigenvalue weighted by Gasteiger charge is -2.28. The van der Waals surface area contributed by atoms with Crippen molar-refractivity contribution in [1.82, 2.24) is 9.80 Å². The third-order valence-corrected chi connectivity index (χ3v) is 3.33. The van der Waals surface area contributed by atoms with Crippen molar-refractivity contribution in [3.8, 4) is 0 Å². The summed E-state index contributed by atoms with van der Waals surface area (Å²) in [7, 11) is 1.70. The van der Waals surface area contributed by atoms with Crippen LogP contribution in [0.2, 0.25) is 0 Å². The van der Waals surface area contributed by atoms with Gasteiger partial charge in [0.05, 0.1) is 19.2 Å². The van der Waals surface area contributed by atoms with E-state index in [0.29, 0.717) is 18.8 Å². The molecule has 104 valence electrons. The summed E-state index contributed by atoms with van der Waals surface area (Å²) in [6.45, 7) is 1.02. The molecule has 6 heteroatoms. The summed E-state index contributed by atoms with van der Waals surface area (Å²) in [5, 5.41) is 8.85. The van der Waals surface area contributed by atoms with Crippen LogP contribution in [0.15, 0.2) is 22.8 Å². The molecule has 1 unspecified atom stereocenters. The number of aliphatic carboxylic acids is 1. The number of urea groups is 1. The maximum atomic E-state index is 12.3. The van der Waals surface area contributed by atoms with Crippen LogP contribution < -0.4 is 0 Å². The van der Waals surface area contributed by atoms with Crippen molar-refractivity contribution in [2.75, 3.05) is 13.6 Å². The number of amides is 2.